The first kappa shape index (κ1) is 15.5. The fraction of sp³-hybridized carbons (Fsp3) is 0.400. The van der Waals surface area contributed by atoms with Gasteiger partial charge >= 0.3 is 0 Å². The van der Waals surface area contributed by atoms with Crippen molar-refractivity contribution in [3.8, 4) is 0 Å². The maximum atomic E-state index is 12.8. The van der Waals surface area contributed by atoms with Crippen LogP contribution >= 0.6 is 0 Å². The van der Waals surface area contributed by atoms with Crippen molar-refractivity contribution in [2.24, 2.45) is 7.05 Å². The first-order chi connectivity index (χ1) is 12.7. The molecule has 0 spiro atoms. The summed E-state index contributed by atoms with van der Waals surface area (Å²) in [5.74, 6) is 3.25. The van der Waals surface area contributed by atoms with Crippen LogP contribution in [0.3, 0.4) is 0 Å². The number of benzene rings is 1. The average molecular weight is 347 g/mol. The Morgan fingerprint density at radius 2 is 1.92 bits per heavy atom. The van der Waals surface area contributed by atoms with Crippen LogP contribution in [-0.4, -0.2) is 26.1 Å². The molecule has 0 radical (unpaired) electrons. The minimum absolute atomic E-state index is 0.0128. The molecule has 1 atom stereocenters. The molecule has 1 aliphatic heterocycles. The van der Waals surface area contributed by atoms with E-state index in [2.05, 4.69) is 9.88 Å². The van der Waals surface area contributed by atoms with E-state index in [0.717, 1.165) is 42.4 Å². The molecule has 2 fully saturated rings. The van der Waals surface area contributed by atoms with Crippen LogP contribution in [0.15, 0.2) is 41.3 Å². The number of anilines is 1. The smallest absolute Gasteiger partial charge is 0.261 e. The van der Waals surface area contributed by atoms with Gasteiger partial charge < -0.3 is 4.90 Å². The fourth-order valence-corrected chi connectivity index (χ4v) is 3.90. The maximum absolute atomic E-state index is 12.8. The monoisotopic (exact) mass is 347 g/mol. The molecular weight excluding hydrogens is 326 g/mol. The van der Waals surface area contributed by atoms with Crippen molar-refractivity contribution in [1.82, 2.24) is 19.5 Å². The summed E-state index contributed by atoms with van der Waals surface area (Å²) >= 11 is 0. The van der Waals surface area contributed by atoms with E-state index in [-0.39, 0.29) is 11.6 Å². The summed E-state index contributed by atoms with van der Waals surface area (Å²) in [5.41, 5.74) is 0.776. The predicted molar refractivity (Wildman–Crippen MR) is 100 cm³/mol. The summed E-state index contributed by atoms with van der Waals surface area (Å²) < 4.78 is 1.70. The van der Waals surface area contributed by atoms with Crippen LogP contribution in [0.1, 0.15) is 49.3 Å². The Morgan fingerprint density at radius 1 is 1.08 bits per heavy atom. The zero-order valence-electron chi connectivity index (χ0n) is 14.8. The van der Waals surface area contributed by atoms with Gasteiger partial charge in [-0.2, -0.15) is 0 Å². The quantitative estimate of drug-likeness (QED) is 0.729. The van der Waals surface area contributed by atoms with Crippen LogP contribution < -0.4 is 10.5 Å². The average Bonchev–Trinajstić information content (AvgIpc) is 3.42. The fourth-order valence-electron chi connectivity index (χ4n) is 3.90. The third-order valence-corrected chi connectivity index (χ3v) is 5.46. The lowest BCUT2D eigenvalue weighted by Gasteiger charge is -2.26. The lowest BCUT2D eigenvalue weighted by atomic mass is 10.1. The number of hydrogen-bond acceptors (Lipinski definition) is 5. The van der Waals surface area contributed by atoms with Crippen LogP contribution in [0.5, 0.6) is 0 Å². The Balaban J connectivity index is 1.59. The highest BCUT2D eigenvalue weighted by atomic mass is 16.1. The molecule has 26 heavy (non-hydrogen) atoms. The van der Waals surface area contributed by atoms with Gasteiger partial charge in [0.2, 0.25) is 0 Å². The molecule has 3 heterocycles. The summed E-state index contributed by atoms with van der Waals surface area (Å²) in [6, 6.07) is 9.61. The molecule has 1 aliphatic carbocycles. The first-order valence-corrected chi connectivity index (χ1v) is 9.27. The number of para-hydroxylation sites is 1. The van der Waals surface area contributed by atoms with Gasteiger partial charge in [-0.05, 0) is 43.9 Å². The van der Waals surface area contributed by atoms with Gasteiger partial charge in [0.25, 0.3) is 5.56 Å². The molecule has 6 heteroatoms. The second-order valence-corrected chi connectivity index (χ2v) is 7.25. The molecule has 1 saturated carbocycles. The van der Waals surface area contributed by atoms with Crippen LogP contribution in [0, 0.1) is 0 Å². The zero-order chi connectivity index (χ0) is 17.7. The molecule has 1 unspecified atom stereocenters. The lowest BCUT2D eigenvalue weighted by molar-refractivity contribution is 0.606. The molecule has 2 aromatic heterocycles. The molecule has 0 bridgehead atoms. The van der Waals surface area contributed by atoms with Crippen molar-refractivity contribution in [1.29, 1.82) is 0 Å². The van der Waals surface area contributed by atoms with E-state index >= 15 is 0 Å². The standard InChI is InChI=1S/C20H21N5O/c1-24-19(22-15-6-3-2-5-14(15)20(24)26)16-7-4-12-25(16)17-10-11-21-18(23-17)13-8-9-13/h2-3,5-6,10-11,13,16H,4,7-9,12H2,1H3. The summed E-state index contributed by atoms with van der Waals surface area (Å²) in [6.45, 7) is 0.925. The predicted octanol–water partition coefficient (Wildman–Crippen LogP) is 2.94. The van der Waals surface area contributed by atoms with Gasteiger partial charge in [0, 0.05) is 25.7 Å². The normalized spacial score (nSPS) is 20.0. The van der Waals surface area contributed by atoms with Crippen LogP contribution in [0.2, 0.25) is 0 Å². The van der Waals surface area contributed by atoms with Gasteiger partial charge in [-0.1, -0.05) is 12.1 Å². The van der Waals surface area contributed by atoms with E-state index in [1.165, 1.54) is 12.8 Å². The molecule has 2 aliphatic rings. The van der Waals surface area contributed by atoms with Crippen molar-refractivity contribution in [3.05, 3.63) is 58.5 Å². The number of hydrogen-bond donors (Lipinski definition) is 0. The van der Waals surface area contributed by atoms with E-state index in [1.54, 1.807) is 4.57 Å². The van der Waals surface area contributed by atoms with E-state index < -0.39 is 0 Å². The summed E-state index contributed by atoms with van der Waals surface area (Å²) in [4.78, 5) is 29.1. The van der Waals surface area contributed by atoms with Gasteiger partial charge in [0.15, 0.2) is 0 Å². The number of rotatable bonds is 3. The van der Waals surface area contributed by atoms with Crippen LogP contribution in [-0.2, 0) is 7.05 Å². The maximum Gasteiger partial charge on any atom is 0.261 e. The minimum Gasteiger partial charge on any atom is -0.346 e. The first-order valence-electron chi connectivity index (χ1n) is 9.27. The number of aromatic nitrogens is 4. The lowest BCUT2D eigenvalue weighted by Crippen LogP contribution is -2.31. The summed E-state index contributed by atoms with van der Waals surface area (Å²) in [7, 11) is 1.82. The van der Waals surface area contributed by atoms with Crippen molar-refractivity contribution < 1.29 is 0 Å². The molecule has 6 nitrogen and oxygen atoms in total. The SMILES string of the molecule is Cn1c(C2CCCN2c2ccnc(C3CC3)n2)nc2ccccc2c1=O. The van der Waals surface area contributed by atoms with Gasteiger partial charge in [-0.15, -0.1) is 0 Å². The Hall–Kier alpha value is -2.76. The molecule has 132 valence electrons. The third-order valence-electron chi connectivity index (χ3n) is 5.46. The highest BCUT2D eigenvalue weighted by Crippen LogP contribution is 2.40. The van der Waals surface area contributed by atoms with Crippen molar-refractivity contribution in [3.63, 3.8) is 0 Å². The van der Waals surface area contributed by atoms with Gasteiger partial charge in [0.05, 0.1) is 16.9 Å². The third kappa shape index (κ3) is 2.48. The van der Waals surface area contributed by atoms with Gasteiger partial charge in [0.1, 0.15) is 17.5 Å². The molecule has 0 amide bonds. The van der Waals surface area contributed by atoms with Gasteiger partial charge in [-0.25, -0.2) is 15.0 Å². The Labute approximate surface area is 151 Å². The summed E-state index contributed by atoms with van der Waals surface area (Å²) in [5, 5.41) is 0.668. The second-order valence-electron chi connectivity index (χ2n) is 7.25. The minimum atomic E-state index is 0.0128. The van der Waals surface area contributed by atoms with E-state index in [9.17, 15) is 4.79 Å². The molecule has 1 aromatic carbocycles. The Morgan fingerprint density at radius 3 is 2.77 bits per heavy atom. The number of fused-ring (bicyclic) bond motifs is 1. The highest BCUT2D eigenvalue weighted by molar-refractivity contribution is 5.77. The van der Waals surface area contributed by atoms with E-state index in [4.69, 9.17) is 9.97 Å². The molecule has 3 aromatic rings. The summed E-state index contributed by atoms with van der Waals surface area (Å²) in [6.07, 6.45) is 6.27. The second kappa shape index (κ2) is 5.90. The number of nitrogens with zero attached hydrogens (tertiary/aromatic N) is 5. The molecule has 5 rings (SSSR count). The van der Waals surface area contributed by atoms with Crippen molar-refractivity contribution in [2.75, 3.05) is 11.4 Å². The van der Waals surface area contributed by atoms with Crippen LogP contribution in [0.25, 0.3) is 10.9 Å². The topological polar surface area (TPSA) is 63.9 Å². The Bertz CT molecular complexity index is 1040. The van der Waals surface area contributed by atoms with Gasteiger partial charge in [-0.3, -0.25) is 9.36 Å². The van der Waals surface area contributed by atoms with E-state index in [1.807, 2.05) is 43.6 Å². The van der Waals surface area contributed by atoms with Crippen molar-refractivity contribution >= 4 is 16.7 Å². The molecular formula is C20H21N5O. The molecule has 0 N–H and O–H groups in total. The Kier molecular flexibility index (Phi) is 3.51. The largest absolute Gasteiger partial charge is 0.346 e. The zero-order valence-corrected chi connectivity index (χ0v) is 14.8. The highest BCUT2D eigenvalue weighted by Gasteiger charge is 2.32. The van der Waals surface area contributed by atoms with E-state index in [0.29, 0.717) is 11.3 Å². The van der Waals surface area contributed by atoms with Crippen LogP contribution in [0.4, 0.5) is 5.82 Å². The molecule has 1 saturated heterocycles. The van der Waals surface area contributed by atoms with Crippen molar-refractivity contribution in [2.45, 2.75) is 37.6 Å².